The molecule has 0 N–H and O–H groups in total. The third-order valence-electron chi connectivity index (χ3n) is 2.35. The highest BCUT2D eigenvalue weighted by molar-refractivity contribution is 7.89. The van der Waals surface area contributed by atoms with Crippen LogP contribution in [0, 0.1) is 0 Å². The average molecular weight is 266 g/mol. The molecule has 0 aromatic carbocycles. The zero-order chi connectivity index (χ0) is 13.5. The molecular formula is C10H22N2O4S. The van der Waals surface area contributed by atoms with Crippen LogP contribution < -0.4 is 0 Å². The van der Waals surface area contributed by atoms with Crippen LogP contribution in [0.1, 0.15) is 12.8 Å². The molecule has 0 amide bonds. The van der Waals surface area contributed by atoms with Gasteiger partial charge < -0.3 is 9.64 Å². The number of methoxy groups -OCH3 is 1. The predicted octanol–water partition coefficient (Wildman–Crippen LogP) is -0.237. The zero-order valence-electron chi connectivity index (χ0n) is 11.0. The summed E-state index contributed by atoms with van der Waals surface area (Å²) in [6, 6.07) is 0. The molecule has 0 aliphatic carbocycles. The Morgan fingerprint density at radius 3 is 2.24 bits per heavy atom. The second-order valence-corrected chi connectivity index (χ2v) is 6.32. The van der Waals surface area contributed by atoms with Gasteiger partial charge >= 0.3 is 5.97 Å². The van der Waals surface area contributed by atoms with Crippen molar-refractivity contribution >= 4 is 16.0 Å². The summed E-state index contributed by atoms with van der Waals surface area (Å²) < 4.78 is 29.3. The van der Waals surface area contributed by atoms with Crippen molar-refractivity contribution in [3.8, 4) is 0 Å². The lowest BCUT2D eigenvalue weighted by atomic mass is 10.3. The van der Waals surface area contributed by atoms with E-state index in [9.17, 15) is 13.2 Å². The van der Waals surface area contributed by atoms with Crippen molar-refractivity contribution in [3.63, 3.8) is 0 Å². The maximum atomic E-state index is 11.8. The molecular weight excluding hydrogens is 244 g/mol. The molecule has 0 aliphatic rings. The molecule has 0 spiro atoms. The van der Waals surface area contributed by atoms with E-state index in [0.717, 1.165) is 0 Å². The summed E-state index contributed by atoms with van der Waals surface area (Å²) in [4.78, 5) is 12.8. The van der Waals surface area contributed by atoms with Crippen LogP contribution in [-0.2, 0) is 19.6 Å². The van der Waals surface area contributed by atoms with Crippen LogP contribution in [0.25, 0.3) is 0 Å². The van der Waals surface area contributed by atoms with E-state index in [-0.39, 0.29) is 18.1 Å². The van der Waals surface area contributed by atoms with Gasteiger partial charge in [0, 0.05) is 26.6 Å². The molecule has 6 nitrogen and oxygen atoms in total. The van der Waals surface area contributed by atoms with E-state index in [0.29, 0.717) is 19.5 Å². The van der Waals surface area contributed by atoms with Crippen molar-refractivity contribution in [2.24, 2.45) is 0 Å². The van der Waals surface area contributed by atoms with Gasteiger partial charge in [-0.05, 0) is 20.5 Å². The molecule has 0 heterocycles. The number of rotatable bonds is 8. The van der Waals surface area contributed by atoms with Gasteiger partial charge in [-0.2, -0.15) is 0 Å². The summed E-state index contributed by atoms with van der Waals surface area (Å²) in [5.41, 5.74) is 0. The molecule has 0 aromatic rings. The van der Waals surface area contributed by atoms with E-state index in [1.54, 1.807) is 7.05 Å². The van der Waals surface area contributed by atoms with Gasteiger partial charge in [-0.25, -0.2) is 12.7 Å². The van der Waals surface area contributed by atoms with Crippen LogP contribution in [0.5, 0.6) is 0 Å². The first kappa shape index (κ1) is 16.3. The van der Waals surface area contributed by atoms with E-state index in [1.807, 2.05) is 19.0 Å². The number of hydrogen-bond acceptors (Lipinski definition) is 5. The zero-order valence-corrected chi connectivity index (χ0v) is 11.8. The maximum absolute atomic E-state index is 11.8. The molecule has 0 atom stereocenters. The fourth-order valence-corrected chi connectivity index (χ4v) is 2.32. The molecule has 0 aromatic heterocycles. The van der Waals surface area contributed by atoms with Crippen LogP contribution in [0.3, 0.4) is 0 Å². The number of nitrogens with zero attached hydrogens (tertiary/aromatic N) is 2. The van der Waals surface area contributed by atoms with E-state index in [4.69, 9.17) is 0 Å². The van der Waals surface area contributed by atoms with Gasteiger partial charge in [0.05, 0.1) is 12.9 Å². The van der Waals surface area contributed by atoms with Crippen LogP contribution >= 0.6 is 0 Å². The number of ether oxygens (including phenoxy) is 1. The normalized spacial score (nSPS) is 12.1. The third kappa shape index (κ3) is 7.30. The van der Waals surface area contributed by atoms with E-state index >= 15 is 0 Å². The largest absolute Gasteiger partial charge is 0.469 e. The van der Waals surface area contributed by atoms with E-state index in [1.165, 1.54) is 11.4 Å². The fourth-order valence-electron chi connectivity index (χ4n) is 1.14. The molecule has 0 saturated heterocycles. The molecule has 0 bridgehead atoms. The molecule has 0 fully saturated rings. The standard InChI is InChI=1S/C10H22N2O4S/c1-11(2)7-8-12(3)17(14,15)9-5-6-10(13)16-4/h5-9H2,1-4H3. The average Bonchev–Trinajstić information content (AvgIpc) is 2.25. The quantitative estimate of drug-likeness (QED) is 0.567. The topological polar surface area (TPSA) is 66.9 Å². The number of esters is 1. The van der Waals surface area contributed by atoms with Crippen molar-refractivity contribution < 1.29 is 17.9 Å². The van der Waals surface area contributed by atoms with Crippen molar-refractivity contribution in [2.75, 3.05) is 47.1 Å². The number of carbonyl (C=O) groups excluding carboxylic acids is 1. The van der Waals surface area contributed by atoms with Crippen molar-refractivity contribution in [1.82, 2.24) is 9.21 Å². The second-order valence-electron chi connectivity index (χ2n) is 4.12. The maximum Gasteiger partial charge on any atom is 0.305 e. The Hall–Kier alpha value is -0.660. The van der Waals surface area contributed by atoms with Crippen LogP contribution in [0.4, 0.5) is 0 Å². The Balaban J connectivity index is 4.05. The summed E-state index contributed by atoms with van der Waals surface area (Å²) in [6.45, 7) is 1.13. The van der Waals surface area contributed by atoms with Gasteiger partial charge in [-0.3, -0.25) is 4.79 Å². The minimum Gasteiger partial charge on any atom is -0.469 e. The van der Waals surface area contributed by atoms with Gasteiger partial charge in [-0.1, -0.05) is 0 Å². The minimum absolute atomic E-state index is 0.0218. The summed E-state index contributed by atoms with van der Waals surface area (Å²) >= 11 is 0. The molecule has 0 saturated carbocycles. The molecule has 7 heteroatoms. The van der Waals surface area contributed by atoms with Gasteiger partial charge in [0.25, 0.3) is 0 Å². The minimum atomic E-state index is -3.26. The van der Waals surface area contributed by atoms with Gasteiger partial charge in [0.2, 0.25) is 10.0 Å². The number of sulfonamides is 1. The Morgan fingerprint density at radius 1 is 1.18 bits per heavy atom. The van der Waals surface area contributed by atoms with E-state index < -0.39 is 10.0 Å². The lowest BCUT2D eigenvalue weighted by Crippen LogP contribution is -2.35. The molecule has 102 valence electrons. The molecule has 17 heavy (non-hydrogen) atoms. The van der Waals surface area contributed by atoms with Crippen molar-refractivity contribution in [1.29, 1.82) is 0 Å². The first-order chi connectivity index (χ1) is 7.79. The highest BCUT2D eigenvalue weighted by Crippen LogP contribution is 2.03. The lowest BCUT2D eigenvalue weighted by Gasteiger charge is -2.19. The fraction of sp³-hybridized carbons (Fsp3) is 0.900. The smallest absolute Gasteiger partial charge is 0.305 e. The predicted molar refractivity (Wildman–Crippen MR) is 66.2 cm³/mol. The number of hydrogen-bond donors (Lipinski definition) is 0. The van der Waals surface area contributed by atoms with Crippen molar-refractivity contribution in [3.05, 3.63) is 0 Å². The summed E-state index contributed by atoms with van der Waals surface area (Å²) in [6.07, 6.45) is 0.429. The Bertz CT molecular complexity index is 327. The molecule has 0 unspecified atom stereocenters. The second kappa shape index (κ2) is 7.62. The molecule has 0 aliphatic heterocycles. The Labute approximate surface area is 104 Å². The number of likely N-dealkylation sites (N-methyl/N-ethyl adjacent to an activating group) is 2. The third-order valence-corrected chi connectivity index (χ3v) is 4.28. The highest BCUT2D eigenvalue weighted by atomic mass is 32.2. The lowest BCUT2D eigenvalue weighted by molar-refractivity contribution is -0.140. The summed E-state index contributed by atoms with van der Waals surface area (Å²) in [5, 5.41) is 0. The summed E-state index contributed by atoms with van der Waals surface area (Å²) in [7, 11) is 3.36. The first-order valence-corrected chi connectivity index (χ1v) is 7.06. The molecule has 0 rings (SSSR count). The summed E-state index contributed by atoms with van der Waals surface area (Å²) in [5.74, 6) is -0.400. The van der Waals surface area contributed by atoms with Crippen LogP contribution in [0.15, 0.2) is 0 Å². The van der Waals surface area contributed by atoms with Crippen LogP contribution in [-0.4, -0.2) is 70.7 Å². The molecule has 0 radical (unpaired) electrons. The SMILES string of the molecule is COC(=O)CCCS(=O)(=O)N(C)CCN(C)C. The Kier molecular flexibility index (Phi) is 7.33. The highest BCUT2D eigenvalue weighted by Gasteiger charge is 2.17. The van der Waals surface area contributed by atoms with Crippen LogP contribution in [0.2, 0.25) is 0 Å². The van der Waals surface area contributed by atoms with E-state index in [2.05, 4.69) is 4.74 Å². The van der Waals surface area contributed by atoms with Crippen molar-refractivity contribution in [2.45, 2.75) is 12.8 Å². The van der Waals surface area contributed by atoms with Gasteiger partial charge in [-0.15, -0.1) is 0 Å². The number of carbonyl (C=O) groups is 1. The van der Waals surface area contributed by atoms with Gasteiger partial charge in [0.1, 0.15) is 0 Å². The van der Waals surface area contributed by atoms with Gasteiger partial charge in [0.15, 0.2) is 0 Å². The monoisotopic (exact) mass is 266 g/mol. The first-order valence-electron chi connectivity index (χ1n) is 5.45. The Morgan fingerprint density at radius 2 is 1.76 bits per heavy atom.